The largest absolute Gasteiger partial charge is 0.494 e. The first-order valence-electron chi connectivity index (χ1n) is 7.10. The number of methoxy groups -OCH3 is 1. The summed E-state index contributed by atoms with van der Waals surface area (Å²) >= 11 is 0. The van der Waals surface area contributed by atoms with Gasteiger partial charge in [-0.2, -0.15) is 5.10 Å². The molecule has 0 radical (unpaired) electrons. The molecule has 120 valence electrons. The average molecular weight is 317 g/mol. The Labute approximate surface area is 132 Å². The molecular weight excluding hydrogens is 302 g/mol. The fraction of sp³-hybridized carbons (Fsp3) is 0.333. The molecule has 2 aliphatic rings. The Morgan fingerprint density at radius 2 is 1.96 bits per heavy atom. The Morgan fingerprint density at radius 1 is 1.26 bits per heavy atom. The molecule has 0 aliphatic carbocycles. The highest BCUT2D eigenvalue weighted by Gasteiger charge is 2.55. The Balaban J connectivity index is 1.88. The minimum absolute atomic E-state index is 0.0794. The van der Waals surface area contributed by atoms with Gasteiger partial charge in [0.1, 0.15) is 17.7 Å². The molecule has 0 aromatic heterocycles. The molecule has 2 heterocycles. The lowest BCUT2D eigenvalue weighted by atomic mass is 9.99. The highest BCUT2D eigenvalue weighted by molar-refractivity contribution is 6.46. The zero-order chi connectivity index (χ0) is 16.6. The third-order valence-corrected chi connectivity index (χ3v) is 3.73. The second-order valence-electron chi connectivity index (χ2n) is 5.01. The van der Waals surface area contributed by atoms with Gasteiger partial charge in [0.25, 0.3) is 5.91 Å². The number of anilines is 1. The number of carbonyl (C=O) groups is 3. The van der Waals surface area contributed by atoms with E-state index in [0.29, 0.717) is 18.0 Å². The van der Waals surface area contributed by atoms with Gasteiger partial charge in [0, 0.05) is 0 Å². The summed E-state index contributed by atoms with van der Waals surface area (Å²) in [4.78, 5) is 37.8. The highest BCUT2D eigenvalue weighted by atomic mass is 16.5. The van der Waals surface area contributed by atoms with Crippen molar-refractivity contribution in [3.63, 3.8) is 0 Å². The maximum Gasteiger partial charge on any atom is 0.355 e. The molecule has 8 nitrogen and oxygen atoms in total. The molecule has 23 heavy (non-hydrogen) atoms. The molecule has 2 aliphatic heterocycles. The first-order valence-corrected chi connectivity index (χ1v) is 7.10. The molecule has 1 fully saturated rings. The van der Waals surface area contributed by atoms with E-state index < -0.39 is 29.7 Å². The van der Waals surface area contributed by atoms with Crippen LogP contribution in [0.3, 0.4) is 0 Å². The summed E-state index contributed by atoms with van der Waals surface area (Å²) < 4.78 is 9.93. The van der Waals surface area contributed by atoms with Gasteiger partial charge in [-0.25, -0.2) is 9.69 Å². The number of ether oxygens (including phenoxy) is 2. The van der Waals surface area contributed by atoms with Crippen LogP contribution in [0, 0.1) is 5.92 Å². The van der Waals surface area contributed by atoms with E-state index in [4.69, 9.17) is 4.74 Å². The van der Waals surface area contributed by atoms with E-state index in [2.05, 4.69) is 15.3 Å². The summed E-state index contributed by atoms with van der Waals surface area (Å²) in [6.45, 7) is 2.38. The summed E-state index contributed by atoms with van der Waals surface area (Å²) in [6, 6.07) is 5.73. The summed E-state index contributed by atoms with van der Waals surface area (Å²) in [6.07, 6.45) is 0. The monoisotopic (exact) mass is 317 g/mol. The molecule has 1 aromatic carbocycles. The van der Waals surface area contributed by atoms with E-state index in [1.807, 2.05) is 6.92 Å². The van der Waals surface area contributed by atoms with Crippen LogP contribution < -0.4 is 15.1 Å². The Kier molecular flexibility index (Phi) is 3.73. The number of nitrogens with one attached hydrogen (secondary N) is 1. The molecular formula is C15H15N3O5. The average Bonchev–Trinajstić information content (AvgIpc) is 3.09. The van der Waals surface area contributed by atoms with Gasteiger partial charge in [-0.15, -0.1) is 0 Å². The molecule has 1 saturated heterocycles. The number of imide groups is 1. The van der Waals surface area contributed by atoms with E-state index in [-0.39, 0.29) is 5.71 Å². The zero-order valence-electron chi connectivity index (χ0n) is 12.6. The summed E-state index contributed by atoms with van der Waals surface area (Å²) in [5.74, 6) is -1.99. The van der Waals surface area contributed by atoms with Crippen LogP contribution >= 0.6 is 0 Å². The van der Waals surface area contributed by atoms with Crippen LogP contribution in [0.5, 0.6) is 5.75 Å². The van der Waals surface area contributed by atoms with Gasteiger partial charge in [-0.1, -0.05) is 0 Å². The second-order valence-corrected chi connectivity index (χ2v) is 5.01. The first-order chi connectivity index (χ1) is 11.1. The van der Waals surface area contributed by atoms with Gasteiger partial charge < -0.3 is 9.47 Å². The van der Waals surface area contributed by atoms with Crippen LogP contribution in [0.15, 0.2) is 29.4 Å². The van der Waals surface area contributed by atoms with Gasteiger partial charge in [0.05, 0.1) is 19.4 Å². The maximum absolute atomic E-state index is 12.6. The van der Waals surface area contributed by atoms with Crippen LogP contribution in [0.4, 0.5) is 5.69 Å². The van der Waals surface area contributed by atoms with Crippen LogP contribution in [-0.4, -0.2) is 43.3 Å². The number of hydrazone groups is 1. The minimum atomic E-state index is -0.957. The van der Waals surface area contributed by atoms with Crippen molar-refractivity contribution in [3.05, 3.63) is 24.3 Å². The van der Waals surface area contributed by atoms with Crippen molar-refractivity contribution in [1.29, 1.82) is 0 Å². The number of esters is 1. The topological polar surface area (TPSA) is 97.3 Å². The zero-order valence-corrected chi connectivity index (χ0v) is 12.6. The number of amides is 2. The lowest BCUT2D eigenvalue weighted by molar-refractivity contribution is -0.133. The van der Waals surface area contributed by atoms with Crippen molar-refractivity contribution in [2.45, 2.75) is 13.0 Å². The third-order valence-electron chi connectivity index (χ3n) is 3.73. The fourth-order valence-corrected chi connectivity index (χ4v) is 2.67. The molecule has 2 atom stereocenters. The number of nitrogens with zero attached hydrogens (tertiary/aromatic N) is 2. The summed E-state index contributed by atoms with van der Waals surface area (Å²) in [7, 11) is 1.20. The smallest absolute Gasteiger partial charge is 0.355 e. The van der Waals surface area contributed by atoms with Crippen molar-refractivity contribution in [3.8, 4) is 5.75 Å². The van der Waals surface area contributed by atoms with Crippen molar-refractivity contribution >= 4 is 29.2 Å². The standard InChI is InChI=1S/C15H15N3O5/c1-3-23-9-6-4-8(5-7-9)18-13(19)10-11(14(18)20)16-17-12(10)15(21)22-2/h4-7,10-11,16H,3H2,1-2H3/t10-,11+/m1/s1. The van der Waals surface area contributed by atoms with Gasteiger partial charge in [0.15, 0.2) is 5.71 Å². The Morgan fingerprint density at radius 3 is 2.57 bits per heavy atom. The summed E-state index contributed by atoms with van der Waals surface area (Å²) in [5.41, 5.74) is 2.89. The lowest BCUT2D eigenvalue weighted by Crippen LogP contribution is -2.36. The van der Waals surface area contributed by atoms with E-state index >= 15 is 0 Å². The second kappa shape index (κ2) is 5.71. The van der Waals surface area contributed by atoms with E-state index in [9.17, 15) is 14.4 Å². The van der Waals surface area contributed by atoms with Gasteiger partial charge in [-0.3, -0.25) is 15.0 Å². The van der Waals surface area contributed by atoms with E-state index in [1.54, 1.807) is 24.3 Å². The van der Waals surface area contributed by atoms with Crippen LogP contribution in [0.2, 0.25) is 0 Å². The summed E-state index contributed by atoms with van der Waals surface area (Å²) in [5, 5.41) is 3.76. The SMILES string of the molecule is CCOc1ccc(N2C(=O)[C@H]3C(C(=O)OC)=NN[C@@H]3C2=O)cc1. The molecule has 0 unspecified atom stereocenters. The first kappa shape index (κ1) is 15.0. The molecule has 0 saturated carbocycles. The number of carbonyl (C=O) groups excluding carboxylic acids is 3. The van der Waals surface area contributed by atoms with Crippen molar-refractivity contribution in [2.24, 2.45) is 11.0 Å². The molecule has 1 aromatic rings. The van der Waals surface area contributed by atoms with Crippen LogP contribution in [0.1, 0.15) is 6.92 Å². The number of hydrogen-bond donors (Lipinski definition) is 1. The molecule has 0 bridgehead atoms. The lowest BCUT2D eigenvalue weighted by Gasteiger charge is -2.16. The highest BCUT2D eigenvalue weighted by Crippen LogP contribution is 2.31. The van der Waals surface area contributed by atoms with E-state index in [1.165, 1.54) is 7.11 Å². The number of fused-ring (bicyclic) bond motifs is 1. The molecule has 1 N–H and O–H groups in total. The van der Waals surface area contributed by atoms with Gasteiger partial charge in [-0.05, 0) is 31.2 Å². The number of benzene rings is 1. The quantitative estimate of drug-likeness (QED) is 0.624. The van der Waals surface area contributed by atoms with Crippen molar-refractivity contribution in [2.75, 3.05) is 18.6 Å². The van der Waals surface area contributed by atoms with Gasteiger partial charge in [0.2, 0.25) is 5.91 Å². The van der Waals surface area contributed by atoms with E-state index in [0.717, 1.165) is 4.90 Å². The fourth-order valence-electron chi connectivity index (χ4n) is 2.67. The van der Waals surface area contributed by atoms with Crippen molar-refractivity contribution in [1.82, 2.24) is 5.43 Å². The molecule has 2 amide bonds. The normalized spacial score (nSPS) is 22.5. The molecule has 8 heteroatoms. The van der Waals surface area contributed by atoms with Crippen LogP contribution in [-0.2, 0) is 19.1 Å². The number of rotatable bonds is 4. The Bertz CT molecular complexity index is 698. The predicted octanol–water partition coefficient (Wildman–Crippen LogP) is 0.0755. The molecule has 3 rings (SSSR count). The number of hydrogen-bond acceptors (Lipinski definition) is 7. The predicted molar refractivity (Wildman–Crippen MR) is 80.0 cm³/mol. The minimum Gasteiger partial charge on any atom is -0.494 e. The van der Waals surface area contributed by atoms with Gasteiger partial charge >= 0.3 is 5.97 Å². The third kappa shape index (κ3) is 2.32. The van der Waals surface area contributed by atoms with Crippen LogP contribution in [0.25, 0.3) is 0 Å². The Hall–Kier alpha value is -2.90. The van der Waals surface area contributed by atoms with Crippen molar-refractivity contribution < 1.29 is 23.9 Å². The maximum atomic E-state index is 12.6. The molecule has 0 spiro atoms.